The fourth-order valence-corrected chi connectivity index (χ4v) is 2.08. The molecule has 0 aliphatic rings. The number of hydrogen-bond acceptors (Lipinski definition) is 2. The molecule has 1 aromatic heterocycles. The SMILES string of the molecule is COc1ccc2nc(/C=C/c3ccccc3)ccc2c1. The second-order valence-corrected chi connectivity index (χ2v) is 4.54. The molecule has 98 valence electrons. The Kier molecular flexibility index (Phi) is 3.46. The molecule has 2 heteroatoms. The summed E-state index contributed by atoms with van der Waals surface area (Å²) in [6, 6.07) is 20.2. The second-order valence-electron chi connectivity index (χ2n) is 4.54. The van der Waals surface area contributed by atoms with Crippen molar-refractivity contribution < 1.29 is 4.74 Å². The lowest BCUT2D eigenvalue weighted by molar-refractivity contribution is 0.415. The van der Waals surface area contributed by atoms with Crippen LogP contribution in [0.25, 0.3) is 23.1 Å². The Morgan fingerprint density at radius 1 is 0.900 bits per heavy atom. The maximum Gasteiger partial charge on any atom is 0.119 e. The van der Waals surface area contributed by atoms with Gasteiger partial charge in [-0.25, -0.2) is 4.98 Å². The summed E-state index contributed by atoms with van der Waals surface area (Å²) in [6.07, 6.45) is 4.09. The van der Waals surface area contributed by atoms with Gasteiger partial charge in [0, 0.05) is 5.39 Å². The highest BCUT2D eigenvalue weighted by Crippen LogP contribution is 2.20. The van der Waals surface area contributed by atoms with Crippen LogP contribution in [0.3, 0.4) is 0 Å². The maximum absolute atomic E-state index is 5.22. The molecule has 1 heterocycles. The van der Waals surface area contributed by atoms with Crippen molar-refractivity contribution in [2.75, 3.05) is 7.11 Å². The zero-order valence-electron chi connectivity index (χ0n) is 11.3. The van der Waals surface area contributed by atoms with E-state index in [0.717, 1.165) is 22.3 Å². The molecule has 0 fully saturated rings. The molecule has 2 aromatic carbocycles. The van der Waals surface area contributed by atoms with Gasteiger partial charge in [0.2, 0.25) is 0 Å². The molecule has 2 nitrogen and oxygen atoms in total. The van der Waals surface area contributed by atoms with Gasteiger partial charge in [-0.1, -0.05) is 42.5 Å². The summed E-state index contributed by atoms with van der Waals surface area (Å²) < 4.78 is 5.22. The summed E-state index contributed by atoms with van der Waals surface area (Å²) in [5, 5.41) is 1.08. The Morgan fingerprint density at radius 3 is 2.55 bits per heavy atom. The van der Waals surface area contributed by atoms with Crippen LogP contribution in [0.5, 0.6) is 5.75 Å². The van der Waals surface area contributed by atoms with Gasteiger partial charge in [0.25, 0.3) is 0 Å². The van der Waals surface area contributed by atoms with Crippen molar-refractivity contribution in [1.29, 1.82) is 0 Å². The Hall–Kier alpha value is -2.61. The first-order valence-electron chi connectivity index (χ1n) is 6.53. The van der Waals surface area contributed by atoms with Crippen LogP contribution in [-0.4, -0.2) is 12.1 Å². The Morgan fingerprint density at radius 2 is 1.75 bits per heavy atom. The molecule has 3 rings (SSSR count). The molecule has 0 atom stereocenters. The molecule has 20 heavy (non-hydrogen) atoms. The molecular weight excluding hydrogens is 246 g/mol. The zero-order valence-corrected chi connectivity index (χ0v) is 11.3. The lowest BCUT2D eigenvalue weighted by Gasteiger charge is -2.02. The number of ether oxygens (including phenoxy) is 1. The Labute approximate surface area is 118 Å². The van der Waals surface area contributed by atoms with Crippen molar-refractivity contribution in [2.24, 2.45) is 0 Å². The van der Waals surface area contributed by atoms with E-state index in [1.807, 2.05) is 48.5 Å². The van der Waals surface area contributed by atoms with Gasteiger partial charge < -0.3 is 4.74 Å². The third kappa shape index (κ3) is 2.69. The number of hydrogen-bond donors (Lipinski definition) is 0. The predicted molar refractivity (Wildman–Crippen MR) is 83.7 cm³/mol. The van der Waals surface area contributed by atoms with Crippen molar-refractivity contribution in [1.82, 2.24) is 4.98 Å². The molecule has 0 aliphatic carbocycles. The van der Waals surface area contributed by atoms with E-state index in [-0.39, 0.29) is 0 Å². The van der Waals surface area contributed by atoms with Crippen LogP contribution in [0.4, 0.5) is 0 Å². The Bertz CT molecular complexity index is 748. The van der Waals surface area contributed by atoms with Crippen LogP contribution in [0, 0.1) is 0 Å². The van der Waals surface area contributed by atoms with Crippen molar-refractivity contribution in [3.05, 3.63) is 71.9 Å². The van der Waals surface area contributed by atoms with Crippen molar-refractivity contribution >= 4 is 23.1 Å². The first-order chi connectivity index (χ1) is 9.85. The average molecular weight is 261 g/mol. The van der Waals surface area contributed by atoms with Crippen LogP contribution in [0.1, 0.15) is 11.3 Å². The largest absolute Gasteiger partial charge is 0.497 e. The first kappa shape index (κ1) is 12.4. The number of rotatable bonds is 3. The summed E-state index contributed by atoms with van der Waals surface area (Å²) in [4.78, 5) is 4.62. The van der Waals surface area contributed by atoms with E-state index in [0.29, 0.717) is 0 Å². The van der Waals surface area contributed by atoms with Gasteiger partial charge in [-0.15, -0.1) is 0 Å². The number of nitrogens with zero attached hydrogens (tertiary/aromatic N) is 1. The quantitative estimate of drug-likeness (QED) is 0.696. The van der Waals surface area contributed by atoms with E-state index >= 15 is 0 Å². The number of methoxy groups -OCH3 is 1. The summed E-state index contributed by atoms with van der Waals surface area (Å²) in [7, 11) is 1.67. The molecule has 0 N–H and O–H groups in total. The van der Waals surface area contributed by atoms with Crippen LogP contribution < -0.4 is 4.74 Å². The third-order valence-electron chi connectivity index (χ3n) is 3.16. The topological polar surface area (TPSA) is 22.1 Å². The molecule has 0 bridgehead atoms. The lowest BCUT2D eigenvalue weighted by Crippen LogP contribution is -1.86. The molecule has 0 saturated heterocycles. The summed E-state index contributed by atoms with van der Waals surface area (Å²) in [6.45, 7) is 0. The van der Waals surface area contributed by atoms with Gasteiger partial charge in [0.1, 0.15) is 5.75 Å². The highest BCUT2D eigenvalue weighted by molar-refractivity contribution is 5.82. The normalized spacial score (nSPS) is 11.1. The zero-order chi connectivity index (χ0) is 13.8. The molecule has 0 aliphatic heterocycles. The molecule has 0 unspecified atom stereocenters. The highest BCUT2D eigenvalue weighted by Gasteiger charge is 1.98. The second kappa shape index (κ2) is 5.57. The van der Waals surface area contributed by atoms with Gasteiger partial charge in [0.15, 0.2) is 0 Å². The van der Waals surface area contributed by atoms with E-state index in [1.54, 1.807) is 7.11 Å². The fourth-order valence-electron chi connectivity index (χ4n) is 2.08. The highest BCUT2D eigenvalue weighted by atomic mass is 16.5. The molecule has 3 aromatic rings. The fraction of sp³-hybridized carbons (Fsp3) is 0.0556. The number of pyridine rings is 1. The Balaban J connectivity index is 1.91. The minimum Gasteiger partial charge on any atom is -0.497 e. The van der Waals surface area contributed by atoms with E-state index < -0.39 is 0 Å². The van der Waals surface area contributed by atoms with Crippen molar-refractivity contribution in [2.45, 2.75) is 0 Å². The van der Waals surface area contributed by atoms with Crippen molar-refractivity contribution in [3.8, 4) is 5.75 Å². The average Bonchev–Trinajstić information content (AvgIpc) is 2.53. The molecule has 0 spiro atoms. The van der Waals surface area contributed by atoms with E-state index in [4.69, 9.17) is 4.74 Å². The summed E-state index contributed by atoms with van der Waals surface area (Å²) in [5.74, 6) is 0.854. The minimum absolute atomic E-state index is 0.854. The monoisotopic (exact) mass is 261 g/mol. The summed E-state index contributed by atoms with van der Waals surface area (Å²) >= 11 is 0. The molecule has 0 radical (unpaired) electrons. The number of fused-ring (bicyclic) bond motifs is 1. The smallest absolute Gasteiger partial charge is 0.119 e. The third-order valence-corrected chi connectivity index (χ3v) is 3.16. The standard InChI is InChI=1S/C18H15NO/c1-20-17-11-12-18-15(13-17)8-10-16(19-18)9-7-14-5-3-2-4-6-14/h2-13H,1H3/b9-7+. The van der Waals surface area contributed by atoms with Gasteiger partial charge in [-0.3, -0.25) is 0 Å². The first-order valence-corrected chi connectivity index (χ1v) is 6.53. The maximum atomic E-state index is 5.22. The van der Waals surface area contributed by atoms with E-state index in [1.165, 1.54) is 5.56 Å². The van der Waals surface area contributed by atoms with Gasteiger partial charge in [-0.2, -0.15) is 0 Å². The summed E-state index contributed by atoms with van der Waals surface area (Å²) in [5.41, 5.74) is 3.09. The van der Waals surface area contributed by atoms with Crippen LogP contribution >= 0.6 is 0 Å². The van der Waals surface area contributed by atoms with Gasteiger partial charge in [-0.05, 0) is 35.9 Å². The molecule has 0 amide bonds. The van der Waals surface area contributed by atoms with E-state index in [2.05, 4.69) is 29.3 Å². The van der Waals surface area contributed by atoms with Gasteiger partial charge in [0.05, 0.1) is 18.3 Å². The number of aromatic nitrogens is 1. The van der Waals surface area contributed by atoms with Crippen LogP contribution in [-0.2, 0) is 0 Å². The van der Waals surface area contributed by atoms with Crippen molar-refractivity contribution in [3.63, 3.8) is 0 Å². The van der Waals surface area contributed by atoms with E-state index in [9.17, 15) is 0 Å². The molecule has 0 saturated carbocycles. The van der Waals surface area contributed by atoms with Crippen LogP contribution in [0.15, 0.2) is 60.7 Å². The lowest BCUT2D eigenvalue weighted by atomic mass is 10.1. The minimum atomic E-state index is 0.854. The molecular formula is C18H15NO. The van der Waals surface area contributed by atoms with Gasteiger partial charge >= 0.3 is 0 Å². The van der Waals surface area contributed by atoms with Crippen LogP contribution in [0.2, 0.25) is 0 Å². The predicted octanol–water partition coefficient (Wildman–Crippen LogP) is 4.41. The number of benzene rings is 2.